The van der Waals surface area contributed by atoms with Gasteiger partial charge in [-0.25, -0.2) is 4.79 Å². The second kappa shape index (κ2) is 8.69. The van der Waals surface area contributed by atoms with Crippen LogP contribution in [0.2, 0.25) is 0 Å². The molecule has 1 aromatic carbocycles. The third-order valence-corrected chi connectivity index (χ3v) is 4.49. The number of nitrogen functional groups attached to an aromatic ring is 1. The quantitative estimate of drug-likeness (QED) is 0.756. The molecule has 2 heterocycles. The maximum Gasteiger partial charge on any atom is 0.410 e. The highest BCUT2D eigenvalue weighted by molar-refractivity contribution is 5.68. The minimum Gasteiger partial charge on any atom is -0.495 e. The third-order valence-electron chi connectivity index (χ3n) is 4.49. The summed E-state index contributed by atoms with van der Waals surface area (Å²) in [6.07, 6.45) is 1.22. The number of carbonyl (C=O) groups excluding carboxylic acids is 1. The van der Waals surface area contributed by atoms with E-state index >= 15 is 0 Å². The summed E-state index contributed by atoms with van der Waals surface area (Å²) in [5.74, 6) is 1.43. The number of amides is 1. The van der Waals surface area contributed by atoms with E-state index in [0.29, 0.717) is 41.8 Å². The lowest BCUT2D eigenvalue weighted by Gasteiger charge is -2.33. The summed E-state index contributed by atoms with van der Waals surface area (Å²) in [5.41, 5.74) is 6.64. The van der Waals surface area contributed by atoms with Gasteiger partial charge in [0, 0.05) is 18.7 Å². The molecule has 2 N–H and O–H groups in total. The number of hydrogen-bond acceptors (Lipinski definition) is 8. The zero-order valence-electron chi connectivity index (χ0n) is 17.3. The number of nitrogens with two attached hydrogens (primary N) is 1. The van der Waals surface area contributed by atoms with Crippen LogP contribution in [0.5, 0.6) is 5.75 Å². The Balaban J connectivity index is 1.48. The lowest BCUT2D eigenvalue weighted by atomic mass is 10.1. The maximum absolute atomic E-state index is 12.1. The first-order valence-electron chi connectivity index (χ1n) is 9.61. The Morgan fingerprint density at radius 1 is 1.31 bits per heavy atom. The molecule has 0 aliphatic carbocycles. The van der Waals surface area contributed by atoms with Gasteiger partial charge in [-0.05, 0) is 51.8 Å². The van der Waals surface area contributed by atoms with E-state index in [-0.39, 0.29) is 18.8 Å². The van der Waals surface area contributed by atoms with Gasteiger partial charge in [-0.3, -0.25) is 0 Å². The fraction of sp³-hybridized carbons (Fsp3) is 0.550. The fourth-order valence-electron chi connectivity index (χ4n) is 3.02. The van der Waals surface area contributed by atoms with Crippen molar-refractivity contribution in [3.8, 4) is 17.2 Å². The summed E-state index contributed by atoms with van der Waals surface area (Å²) in [5, 5.41) is 3.96. The van der Waals surface area contributed by atoms with Gasteiger partial charge in [0.25, 0.3) is 5.89 Å². The molecular weight excluding hydrogens is 376 g/mol. The number of carbonyl (C=O) groups is 1. The van der Waals surface area contributed by atoms with Gasteiger partial charge in [-0.1, -0.05) is 5.16 Å². The van der Waals surface area contributed by atoms with Crippen LogP contribution in [0.15, 0.2) is 22.7 Å². The minimum absolute atomic E-state index is 0.0345. The molecule has 158 valence electrons. The number of likely N-dealkylation sites (tertiary alicyclic amines) is 1. The summed E-state index contributed by atoms with van der Waals surface area (Å²) < 4.78 is 21.8. The summed E-state index contributed by atoms with van der Waals surface area (Å²) in [4.78, 5) is 18.2. The van der Waals surface area contributed by atoms with Gasteiger partial charge in [0.15, 0.2) is 5.82 Å². The zero-order chi connectivity index (χ0) is 21.0. The summed E-state index contributed by atoms with van der Waals surface area (Å²) in [6, 6.07) is 5.28. The van der Waals surface area contributed by atoms with E-state index in [2.05, 4.69) is 10.1 Å². The van der Waals surface area contributed by atoms with Gasteiger partial charge < -0.3 is 29.4 Å². The van der Waals surface area contributed by atoms with Crippen LogP contribution in [-0.2, 0) is 16.1 Å². The van der Waals surface area contributed by atoms with Crippen molar-refractivity contribution in [1.29, 1.82) is 0 Å². The zero-order valence-corrected chi connectivity index (χ0v) is 17.3. The Hall–Kier alpha value is -2.81. The molecule has 1 aromatic heterocycles. The van der Waals surface area contributed by atoms with Crippen LogP contribution in [0.1, 0.15) is 39.4 Å². The van der Waals surface area contributed by atoms with Crippen molar-refractivity contribution in [2.45, 2.75) is 51.9 Å². The second-order valence-corrected chi connectivity index (χ2v) is 7.95. The van der Waals surface area contributed by atoms with Crippen molar-refractivity contribution in [1.82, 2.24) is 15.0 Å². The summed E-state index contributed by atoms with van der Waals surface area (Å²) >= 11 is 0. The number of ether oxygens (including phenoxy) is 3. The Kier molecular flexibility index (Phi) is 6.26. The first-order valence-corrected chi connectivity index (χ1v) is 9.61. The molecule has 0 saturated carbocycles. The molecule has 1 aliphatic rings. The van der Waals surface area contributed by atoms with Crippen LogP contribution >= 0.6 is 0 Å². The van der Waals surface area contributed by atoms with Gasteiger partial charge in [0.05, 0.1) is 18.9 Å². The largest absolute Gasteiger partial charge is 0.495 e. The number of rotatable bonds is 5. The lowest BCUT2D eigenvalue weighted by molar-refractivity contribution is -0.0190. The van der Waals surface area contributed by atoms with E-state index in [4.69, 9.17) is 24.5 Å². The van der Waals surface area contributed by atoms with E-state index in [1.54, 1.807) is 30.2 Å². The van der Waals surface area contributed by atoms with E-state index in [1.807, 2.05) is 20.8 Å². The summed E-state index contributed by atoms with van der Waals surface area (Å²) in [7, 11) is 1.56. The van der Waals surface area contributed by atoms with Crippen molar-refractivity contribution in [2.75, 3.05) is 25.9 Å². The molecule has 0 spiro atoms. The lowest BCUT2D eigenvalue weighted by Crippen LogP contribution is -2.43. The highest BCUT2D eigenvalue weighted by Gasteiger charge is 2.27. The van der Waals surface area contributed by atoms with Crippen molar-refractivity contribution in [2.24, 2.45) is 0 Å². The molecule has 1 amide bonds. The van der Waals surface area contributed by atoms with Crippen LogP contribution < -0.4 is 10.5 Å². The number of nitrogens with zero attached hydrogens (tertiary/aromatic N) is 3. The molecule has 9 heteroatoms. The molecular formula is C20H28N4O5. The topological polar surface area (TPSA) is 113 Å². The van der Waals surface area contributed by atoms with Gasteiger partial charge in [-0.15, -0.1) is 0 Å². The predicted octanol–water partition coefficient (Wildman–Crippen LogP) is 3.24. The van der Waals surface area contributed by atoms with Crippen molar-refractivity contribution < 1.29 is 23.5 Å². The van der Waals surface area contributed by atoms with E-state index in [9.17, 15) is 4.79 Å². The smallest absolute Gasteiger partial charge is 0.410 e. The Morgan fingerprint density at radius 3 is 2.66 bits per heavy atom. The number of hydrogen-bond donors (Lipinski definition) is 1. The number of aromatic nitrogens is 2. The van der Waals surface area contributed by atoms with Crippen LogP contribution in [0.25, 0.3) is 11.5 Å². The molecule has 1 fully saturated rings. The van der Waals surface area contributed by atoms with Gasteiger partial charge in [0.2, 0.25) is 0 Å². The van der Waals surface area contributed by atoms with E-state index in [1.165, 1.54) is 0 Å². The SMILES string of the molecule is COc1ccc(-c2nc(COC3CCN(C(=O)OC(C)(C)C)CC3)no2)cc1N. The molecule has 0 atom stereocenters. The number of benzene rings is 1. The molecule has 1 saturated heterocycles. The maximum atomic E-state index is 12.1. The van der Waals surface area contributed by atoms with Gasteiger partial charge >= 0.3 is 6.09 Å². The molecule has 0 unspecified atom stereocenters. The van der Waals surface area contributed by atoms with Crippen LogP contribution in [0, 0.1) is 0 Å². The minimum atomic E-state index is -0.491. The molecule has 0 bridgehead atoms. The Bertz CT molecular complexity index is 838. The predicted molar refractivity (Wildman–Crippen MR) is 106 cm³/mol. The van der Waals surface area contributed by atoms with E-state index in [0.717, 1.165) is 12.8 Å². The van der Waals surface area contributed by atoms with Gasteiger partial charge in [0.1, 0.15) is 18.0 Å². The first kappa shape index (κ1) is 20.9. The van der Waals surface area contributed by atoms with Crippen LogP contribution in [-0.4, -0.2) is 53.0 Å². The van der Waals surface area contributed by atoms with Crippen molar-refractivity contribution in [3.63, 3.8) is 0 Å². The Labute approximate surface area is 170 Å². The highest BCUT2D eigenvalue weighted by atomic mass is 16.6. The average molecular weight is 404 g/mol. The highest BCUT2D eigenvalue weighted by Crippen LogP contribution is 2.27. The standard InChI is InChI=1S/C20H28N4O5/c1-20(2,3)28-19(25)24-9-7-14(8-10-24)27-12-17-22-18(29-23-17)13-5-6-16(26-4)15(21)11-13/h5-6,11,14H,7-10,12,21H2,1-4H3. The number of methoxy groups -OCH3 is 1. The van der Waals surface area contributed by atoms with Crippen LogP contribution in [0.3, 0.4) is 0 Å². The third kappa shape index (κ3) is 5.60. The number of piperidine rings is 1. The molecule has 29 heavy (non-hydrogen) atoms. The van der Waals surface area contributed by atoms with Crippen molar-refractivity contribution in [3.05, 3.63) is 24.0 Å². The molecule has 2 aromatic rings. The molecule has 3 rings (SSSR count). The van der Waals surface area contributed by atoms with E-state index < -0.39 is 5.60 Å². The monoisotopic (exact) mass is 404 g/mol. The van der Waals surface area contributed by atoms with Gasteiger partial charge in [-0.2, -0.15) is 4.98 Å². The van der Waals surface area contributed by atoms with Crippen molar-refractivity contribution >= 4 is 11.8 Å². The molecule has 1 aliphatic heterocycles. The second-order valence-electron chi connectivity index (χ2n) is 7.95. The molecule has 0 radical (unpaired) electrons. The number of anilines is 1. The normalized spacial score (nSPS) is 15.4. The average Bonchev–Trinajstić information content (AvgIpc) is 3.14. The first-order chi connectivity index (χ1) is 13.7. The molecule has 9 nitrogen and oxygen atoms in total. The van der Waals surface area contributed by atoms with Crippen LogP contribution in [0.4, 0.5) is 10.5 Å². The summed E-state index contributed by atoms with van der Waals surface area (Å²) in [6.45, 7) is 7.03. The Morgan fingerprint density at radius 2 is 2.03 bits per heavy atom. The fourth-order valence-corrected chi connectivity index (χ4v) is 3.02.